The molecule has 5 nitrogen and oxygen atoms in total. The average Bonchev–Trinajstić information content (AvgIpc) is 2.54. The highest BCUT2D eigenvalue weighted by Crippen LogP contribution is 2.25. The summed E-state index contributed by atoms with van der Waals surface area (Å²) in [7, 11) is 1.51. The van der Waals surface area contributed by atoms with Crippen LogP contribution in [0.1, 0.15) is 15.9 Å². The molecule has 0 fully saturated rings. The number of amides is 2. The summed E-state index contributed by atoms with van der Waals surface area (Å²) in [6.45, 7) is 0. The van der Waals surface area contributed by atoms with E-state index < -0.39 is 17.9 Å². The highest BCUT2D eigenvalue weighted by molar-refractivity contribution is 6.32. The summed E-state index contributed by atoms with van der Waals surface area (Å²) >= 11 is 11.9. The molecular formula is C17H16Cl2N2O3. The van der Waals surface area contributed by atoms with Crippen LogP contribution in [0.25, 0.3) is 0 Å². The van der Waals surface area contributed by atoms with Crippen molar-refractivity contribution in [1.29, 1.82) is 0 Å². The molecule has 0 saturated heterocycles. The summed E-state index contributed by atoms with van der Waals surface area (Å²) in [4.78, 5) is 23.9. The molecule has 2 rings (SSSR count). The van der Waals surface area contributed by atoms with Crippen molar-refractivity contribution in [2.24, 2.45) is 5.73 Å². The molecule has 0 aromatic heterocycles. The van der Waals surface area contributed by atoms with E-state index >= 15 is 0 Å². The number of carbonyl (C=O) groups excluding carboxylic acids is 2. The number of nitrogens with two attached hydrogens (primary N) is 1. The molecule has 7 heteroatoms. The maximum atomic E-state index is 12.2. The van der Waals surface area contributed by atoms with E-state index in [4.69, 9.17) is 33.7 Å². The van der Waals surface area contributed by atoms with Gasteiger partial charge in [0.05, 0.1) is 12.1 Å². The minimum atomic E-state index is -0.863. The van der Waals surface area contributed by atoms with Gasteiger partial charge in [0.15, 0.2) is 0 Å². The minimum Gasteiger partial charge on any atom is -0.495 e. The molecule has 0 aliphatic heterocycles. The van der Waals surface area contributed by atoms with E-state index in [0.29, 0.717) is 21.4 Å². The lowest BCUT2D eigenvalue weighted by molar-refractivity contribution is -0.119. The van der Waals surface area contributed by atoms with Gasteiger partial charge in [-0.1, -0.05) is 29.3 Å². The number of carbonyl (C=O) groups is 2. The van der Waals surface area contributed by atoms with Crippen LogP contribution in [0.5, 0.6) is 5.75 Å². The number of primary amides is 1. The van der Waals surface area contributed by atoms with Gasteiger partial charge in [-0.3, -0.25) is 9.59 Å². The van der Waals surface area contributed by atoms with E-state index in [1.807, 2.05) is 0 Å². The largest absolute Gasteiger partial charge is 0.495 e. The van der Waals surface area contributed by atoms with Gasteiger partial charge in [-0.2, -0.15) is 0 Å². The predicted molar refractivity (Wildman–Crippen MR) is 93.6 cm³/mol. The first-order chi connectivity index (χ1) is 11.4. The Hall–Kier alpha value is -2.24. The summed E-state index contributed by atoms with van der Waals surface area (Å²) < 4.78 is 5.08. The van der Waals surface area contributed by atoms with Crippen molar-refractivity contribution in [3.8, 4) is 5.75 Å². The first-order valence-electron chi connectivity index (χ1n) is 7.09. The number of hydrogen-bond acceptors (Lipinski definition) is 3. The van der Waals surface area contributed by atoms with Crippen LogP contribution in [0.4, 0.5) is 0 Å². The maximum Gasteiger partial charge on any atom is 0.251 e. The first kappa shape index (κ1) is 18.1. The Labute approximate surface area is 149 Å². The first-order valence-corrected chi connectivity index (χ1v) is 7.84. The lowest BCUT2D eigenvalue weighted by Crippen LogP contribution is -2.45. The van der Waals surface area contributed by atoms with Crippen LogP contribution < -0.4 is 15.8 Å². The Morgan fingerprint density at radius 2 is 1.83 bits per heavy atom. The molecule has 0 unspecified atom stereocenters. The van der Waals surface area contributed by atoms with Crippen molar-refractivity contribution in [3.63, 3.8) is 0 Å². The molecule has 0 aliphatic carbocycles. The van der Waals surface area contributed by atoms with Crippen molar-refractivity contribution in [1.82, 2.24) is 5.32 Å². The molecule has 0 bridgehead atoms. The van der Waals surface area contributed by atoms with Crippen LogP contribution in [-0.4, -0.2) is 25.0 Å². The van der Waals surface area contributed by atoms with E-state index in [-0.39, 0.29) is 6.42 Å². The van der Waals surface area contributed by atoms with E-state index in [2.05, 4.69) is 5.32 Å². The Bertz CT molecular complexity index is 748. The van der Waals surface area contributed by atoms with Crippen LogP contribution in [0.2, 0.25) is 10.0 Å². The van der Waals surface area contributed by atoms with Crippen molar-refractivity contribution in [2.75, 3.05) is 7.11 Å². The Kier molecular flexibility index (Phi) is 6.06. The third kappa shape index (κ3) is 4.63. The highest BCUT2D eigenvalue weighted by atomic mass is 35.5. The number of rotatable bonds is 6. The predicted octanol–water partition coefficient (Wildman–Crippen LogP) is 2.83. The van der Waals surface area contributed by atoms with Gasteiger partial charge >= 0.3 is 0 Å². The van der Waals surface area contributed by atoms with Gasteiger partial charge in [0.25, 0.3) is 5.91 Å². The molecule has 0 saturated carbocycles. The smallest absolute Gasteiger partial charge is 0.251 e. The molecule has 2 aromatic carbocycles. The lowest BCUT2D eigenvalue weighted by Gasteiger charge is -2.16. The van der Waals surface area contributed by atoms with Gasteiger partial charge in [-0.25, -0.2) is 0 Å². The molecule has 0 spiro atoms. The van der Waals surface area contributed by atoms with Gasteiger partial charge in [-0.15, -0.1) is 0 Å². The van der Waals surface area contributed by atoms with E-state index in [1.165, 1.54) is 7.11 Å². The summed E-state index contributed by atoms with van der Waals surface area (Å²) in [6.07, 6.45) is 0.221. The second-order valence-electron chi connectivity index (χ2n) is 5.11. The SMILES string of the molecule is COc1ccc(C[C@@H](NC(=O)c2ccc(Cl)cc2)C(N)=O)cc1Cl. The number of halogens is 2. The zero-order valence-corrected chi connectivity index (χ0v) is 14.4. The van der Waals surface area contributed by atoms with Crippen molar-refractivity contribution < 1.29 is 14.3 Å². The molecule has 3 N–H and O–H groups in total. The molecule has 0 aliphatic rings. The van der Waals surface area contributed by atoms with Gasteiger partial charge in [0, 0.05) is 17.0 Å². The fraction of sp³-hybridized carbons (Fsp3) is 0.176. The second-order valence-corrected chi connectivity index (χ2v) is 5.95. The zero-order chi connectivity index (χ0) is 17.7. The maximum absolute atomic E-state index is 12.2. The van der Waals surface area contributed by atoms with E-state index in [1.54, 1.807) is 42.5 Å². The quantitative estimate of drug-likeness (QED) is 0.824. The fourth-order valence-electron chi connectivity index (χ4n) is 2.14. The summed E-state index contributed by atoms with van der Waals surface area (Å²) in [6, 6.07) is 10.6. The van der Waals surface area contributed by atoms with Crippen LogP contribution in [0, 0.1) is 0 Å². The zero-order valence-electron chi connectivity index (χ0n) is 12.9. The normalized spacial score (nSPS) is 11.6. The number of benzene rings is 2. The van der Waals surface area contributed by atoms with Gasteiger partial charge < -0.3 is 15.8 Å². The van der Waals surface area contributed by atoms with Crippen LogP contribution in [0.15, 0.2) is 42.5 Å². The monoisotopic (exact) mass is 366 g/mol. The van der Waals surface area contributed by atoms with Gasteiger partial charge in [-0.05, 0) is 42.0 Å². The van der Waals surface area contributed by atoms with Crippen molar-refractivity contribution in [2.45, 2.75) is 12.5 Å². The molecule has 1 atom stereocenters. The van der Waals surface area contributed by atoms with E-state index in [0.717, 1.165) is 5.56 Å². The Balaban J connectivity index is 2.12. The van der Waals surface area contributed by atoms with Crippen molar-refractivity contribution >= 4 is 35.0 Å². The Morgan fingerprint density at radius 1 is 1.17 bits per heavy atom. The molecule has 2 amide bonds. The highest BCUT2D eigenvalue weighted by Gasteiger charge is 2.20. The molecule has 2 aromatic rings. The van der Waals surface area contributed by atoms with Crippen LogP contribution in [0.3, 0.4) is 0 Å². The van der Waals surface area contributed by atoms with Crippen molar-refractivity contribution in [3.05, 3.63) is 63.6 Å². The van der Waals surface area contributed by atoms with Crippen LogP contribution in [-0.2, 0) is 11.2 Å². The number of ether oxygens (including phenoxy) is 1. The van der Waals surface area contributed by atoms with E-state index in [9.17, 15) is 9.59 Å². The van der Waals surface area contributed by atoms with Gasteiger partial charge in [0.2, 0.25) is 5.91 Å². The molecular weight excluding hydrogens is 351 g/mol. The molecule has 24 heavy (non-hydrogen) atoms. The third-order valence-electron chi connectivity index (χ3n) is 3.41. The Morgan fingerprint density at radius 3 is 2.38 bits per heavy atom. The average molecular weight is 367 g/mol. The number of methoxy groups -OCH3 is 1. The molecule has 126 valence electrons. The minimum absolute atomic E-state index is 0.221. The second kappa shape index (κ2) is 8.04. The topological polar surface area (TPSA) is 81.4 Å². The standard InChI is InChI=1S/C17H16Cl2N2O3/c1-24-15-7-2-10(8-13(15)19)9-14(16(20)22)21-17(23)11-3-5-12(18)6-4-11/h2-8,14H,9H2,1H3,(H2,20,22)(H,21,23)/t14-/m1/s1. The third-order valence-corrected chi connectivity index (χ3v) is 3.96. The summed E-state index contributed by atoms with van der Waals surface area (Å²) in [5, 5.41) is 3.56. The fourth-order valence-corrected chi connectivity index (χ4v) is 2.54. The van der Waals surface area contributed by atoms with Crippen LogP contribution >= 0.6 is 23.2 Å². The van der Waals surface area contributed by atoms with Gasteiger partial charge in [0.1, 0.15) is 11.8 Å². The summed E-state index contributed by atoms with van der Waals surface area (Å²) in [5.74, 6) is -0.513. The summed E-state index contributed by atoms with van der Waals surface area (Å²) in [5.41, 5.74) is 6.54. The molecule has 0 heterocycles. The lowest BCUT2D eigenvalue weighted by atomic mass is 10.0. The number of hydrogen-bond donors (Lipinski definition) is 2. The number of nitrogens with one attached hydrogen (secondary N) is 1. The molecule has 0 radical (unpaired) electrons.